The van der Waals surface area contributed by atoms with Crippen molar-refractivity contribution in [1.29, 1.82) is 0 Å². The summed E-state index contributed by atoms with van der Waals surface area (Å²) in [5.41, 5.74) is 2.94. The fraction of sp³-hybridized carbons (Fsp3) is 0.231. The molecule has 2 amide bonds. The Hall–Kier alpha value is -3.78. The third kappa shape index (κ3) is 4.36. The predicted molar refractivity (Wildman–Crippen MR) is 129 cm³/mol. The number of halogens is 2. The molecule has 1 aliphatic rings. The zero-order chi connectivity index (χ0) is 24.4. The molecule has 0 fully saturated rings. The van der Waals surface area contributed by atoms with Crippen LogP contribution in [-0.2, 0) is 4.79 Å². The molecule has 2 heterocycles. The first-order chi connectivity index (χ1) is 16.3. The number of hydrogen-bond donors (Lipinski definition) is 3. The Morgan fingerprint density at radius 1 is 1.12 bits per heavy atom. The molecule has 176 valence electrons. The minimum Gasteiger partial charge on any atom is -0.361 e. The van der Waals surface area contributed by atoms with Gasteiger partial charge in [-0.3, -0.25) is 9.59 Å². The van der Waals surface area contributed by atoms with E-state index in [1.54, 1.807) is 37.4 Å². The van der Waals surface area contributed by atoms with Crippen molar-refractivity contribution in [2.45, 2.75) is 13.8 Å². The number of nitrogens with one attached hydrogen (secondary N) is 3. The Morgan fingerprint density at radius 3 is 2.53 bits per heavy atom. The molecule has 0 bridgehead atoms. The summed E-state index contributed by atoms with van der Waals surface area (Å²) in [4.78, 5) is 30.6. The molecule has 0 saturated carbocycles. The lowest BCUT2D eigenvalue weighted by atomic mass is 9.93. The molecule has 0 radical (unpaired) electrons. The number of aromatic amines is 1. The number of hydrogen-bond acceptors (Lipinski definition) is 3. The molecule has 0 unspecified atom stereocenters. The Kier molecular flexibility index (Phi) is 6.61. The quantitative estimate of drug-likeness (QED) is 0.453. The smallest absolute Gasteiger partial charge is 0.256 e. The van der Waals surface area contributed by atoms with Gasteiger partial charge >= 0.3 is 0 Å². The van der Waals surface area contributed by atoms with Gasteiger partial charge in [0.15, 0.2) is 0 Å². The molecule has 0 atom stereocenters. The summed E-state index contributed by atoms with van der Waals surface area (Å²) in [6, 6.07) is 8.58. The zero-order valence-corrected chi connectivity index (χ0v) is 19.3. The van der Waals surface area contributed by atoms with Crippen LogP contribution in [0.2, 0.25) is 0 Å². The van der Waals surface area contributed by atoms with Crippen LogP contribution in [0.25, 0.3) is 22.8 Å². The molecule has 3 N–H and O–H groups in total. The highest BCUT2D eigenvalue weighted by molar-refractivity contribution is 6.36. The zero-order valence-electron chi connectivity index (χ0n) is 19.3. The summed E-state index contributed by atoms with van der Waals surface area (Å²) in [6.07, 6.45) is 3.21. The van der Waals surface area contributed by atoms with E-state index in [1.807, 2.05) is 14.0 Å². The molecular formula is C26H26F2N4O2. The van der Waals surface area contributed by atoms with Crippen LogP contribution in [0.3, 0.4) is 0 Å². The lowest BCUT2D eigenvalue weighted by molar-refractivity contribution is -0.110. The van der Waals surface area contributed by atoms with Crippen molar-refractivity contribution in [1.82, 2.24) is 15.2 Å². The number of rotatable bonds is 7. The first-order valence-corrected chi connectivity index (χ1v) is 11.1. The molecule has 8 heteroatoms. The fourth-order valence-corrected chi connectivity index (χ4v) is 4.01. The van der Waals surface area contributed by atoms with E-state index in [1.165, 1.54) is 18.2 Å². The van der Waals surface area contributed by atoms with E-state index < -0.39 is 11.6 Å². The first kappa shape index (κ1) is 23.4. The molecule has 0 saturated heterocycles. The predicted octanol–water partition coefficient (Wildman–Crippen LogP) is 4.44. The molecule has 2 aromatic carbocycles. The van der Waals surface area contributed by atoms with E-state index in [0.717, 1.165) is 13.1 Å². The maximum absolute atomic E-state index is 14.6. The van der Waals surface area contributed by atoms with Crippen LogP contribution in [-0.4, -0.2) is 48.4 Å². The summed E-state index contributed by atoms with van der Waals surface area (Å²) in [5, 5.41) is 5.66. The second-order valence-electron chi connectivity index (χ2n) is 8.23. The van der Waals surface area contributed by atoms with E-state index in [-0.39, 0.29) is 28.5 Å². The summed E-state index contributed by atoms with van der Waals surface area (Å²) in [7, 11) is 1.98. The number of nitrogens with zero attached hydrogens (tertiary/aromatic N) is 1. The van der Waals surface area contributed by atoms with E-state index >= 15 is 0 Å². The van der Waals surface area contributed by atoms with E-state index in [2.05, 4.69) is 20.5 Å². The molecule has 6 nitrogen and oxygen atoms in total. The summed E-state index contributed by atoms with van der Waals surface area (Å²) in [5.74, 6) is -2.03. The summed E-state index contributed by atoms with van der Waals surface area (Å²) >= 11 is 0. The minimum absolute atomic E-state index is 0.193. The highest BCUT2D eigenvalue weighted by atomic mass is 19.1. The van der Waals surface area contributed by atoms with Gasteiger partial charge in [-0.15, -0.1) is 0 Å². The largest absolute Gasteiger partial charge is 0.361 e. The minimum atomic E-state index is -0.712. The number of carbonyl (C=O) groups excluding carboxylic acids is 2. The van der Waals surface area contributed by atoms with Crippen molar-refractivity contribution in [3.63, 3.8) is 0 Å². The average Bonchev–Trinajstić information content (AvgIpc) is 3.33. The van der Waals surface area contributed by atoms with Crippen LogP contribution in [0.1, 0.15) is 34.1 Å². The monoisotopic (exact) mass is 464 g/mol. The number of benzene rings is 2. The Balaban J connectivity index is 1.69. The van der Waals surface area contributed by atoms with Crippen molar-refractivity contribution >= 4 is 29.2 Å². The number of fused-ring (bicyclic) bond motifs is 1. The standard InChI is InChI=1S/C26H26F2N4O2/c1-4-32(3)12-11-29-25(33)18-14-30-22(15(18)2)13-17-23-16(7-5-10-21(23)31-26(17)34)24-19(27)8-6-9-20(24)28/h5-10,13-14,30H,4,11-12H2,1-3H3,(H,29,33)(H,31,34)/b17-13-. The van der Waals surface area contributed by atoms with Crippen LogP contribution in [0, 0.1) is 18.6 Å². The number of aromatic nitrogens is 1. The number of H-pyrrole nitrogens is 1. The lowest BCUT2D eigenvalue weighted by Gasteiger charge is -2.13. The van der Waals surface area contributed by atoms with E-state index in [4.69, 9.17) is 0 Å². The molecule has 4 rings (SSSR count). The van der Waals surface area contributed by atoms with Gasteiger partial charge in [0, 0.05) is 36.2 Å². The molecule has 1 aromatic heterocycles. The van der Waals surface area contributed by atoms with Crippen LogP contribution in [0.4, 0.5) is 14.5 Å². The highest BCUT2D eigenvalue weighted by Gasteiger charge is 2.29. The van der Waals surface area contributed by atoms with Crippen molar-refractivity contribution in [3.05, 3.63) is 76.6 Å². The van der Waals surface area contributed by atoms with Gasteiger partial charge in [0.25, 0.3) is 11.8 Å². The van der Waals surface area contributed by atoms with Crippen LogP contribution >= 0.6 is 0 Å². The molecule has 0 spiro atoms. The molecule has 34 heavy (non-hydrogen) atoms. The molecule has 1 aliphatic heterocycles. The SMILES string of the molecule is CCN(C)CCNC(=O)c1c[nH]c(/C=C2\C(=O)Nc3cccc(-c4c(F)cccc4F)c32)c1C. The van der Waals surface area contributed by atoms with Gasteiger partial charge < -0.3 is 20.5 Å². The molecule has 3 aromatic rings. The number of anilines is 1. The van der Waals surface area contributed by atoms with E-state index in [0.29, 0.717) is 34.6 Å². The third-order valence-corrected chi connectivity index (χ3v) is 6.09. The second-order valence-corrected chi connectivity index (χ2v) is 8.23. The van der Waals surface area contributed by atoms with Gasteiger partial charge in [0.05, 0.1) is 16.7 Å². The maximum Gasteiger partial charge on any atom is 0.256 e. The van der Waals surface area contributed by atoms with Crippen molar-refractivity contribution in [2.75, 3.05) is 32.0 Å². The topological polar surface area (TPSA) is 77.2 Å². The van der Waals surface area contributed by atoms with Crippen LogP contribution < -0.4 is 10.6 Å². The van der Waals surface area contributed by atoms with Crippen molar-refractivity contribution in [2.24, 2.45) is 0 Å². The van der Waals surface area contributed by atoms with Gasteiger partial charge in [-0.2, -0.15) is 0 Å². The molecular weight excluding hydrogens is 438 g/mol. The average molecular weight is 465 g/mol. The second kappa shape index (κ2) is 9.61. The first-order valence-electron chi connectivity index (χ1n) is 11.1. The highest BCUT2D eigenvalue weighted by Crippen LogP contribution is 2.42. The Bertz CT molecular complexity index is 1280. The molecule has 0 aliphatic carbocycles. The Morgan fingerprint density at radius 2 is 1.82 bits per heavy atom. The number of carbonyl (C=O) groups is 2. The van der Waals surface area contributed by atoms with Gasteiger partial charge in [0.2, 0.25) is 0 Å². The maximum atomic E-state index is 14.6. The van der Waals surface area contributed by atoms with Crippen LogP contribution in [0.5, 0.6) is 0 Å². The number of amides is 2. The van der Waals surface area contributed by atoms with E-state index in [9.17, 15) is 18.4 Å². The van der Waals surface area contributed by atoms with Gasteiger partial charge in [0.1, 0.15) is 11.6 Å². The normalized spacial score (nSPS) is 13.9. The summed E-state index contributed by atoms with van der Waals surface area (Å²) < 4.78 is 29.1. The van der Waals surface area contributed by atoms with Gasteiger partial charge in [-0.25, -0.2) is 8.78 Å². The van der Waals surface area contributed by atoms with Gasteiger partial charge in [-0.1, -0.05) is 25.1 Å². The number of likely N-dealkylation sites (N-methyl/N-ethyl adjacent to an activating group) is 1. The third-order valence-electron chi connectivity index (χ3n) is 6.09. The Labute approximate surface area is 196 Å². The lowest BCUT2D eigenvalue weighted by Crippen LogP contribution is -2.33. The van der Waals surface area contributed by atoms with Crippen molar-refractivity contribution < 1.29 is 18.4 Å². The van der Waals surface area contributed by atoms with Crippen molar-refractivity contribution in [3.8, 4) is 11.1 Å². The van der Waals surface area contributed by atoms with Gasteiger partial charge in [-0.05, 0) is 55.9 Å². The van der Waals surface area contributed by atoms with Crippen LogP contribution in [0.15, 0.2) is 42.6 Å². The fourth-order valence-electron chi connectivity index (χ4n) is 4.01. The summed E-state index contributed by atoms with van der Waals surface area (Å²) in [6.45, 7) is 5.96.